The average Bonchev–Trinajstić information content (AvgIpc) is 2.76. The number of hydrogen-bond donors (Lipinski definition) is 2. The SMILES string of the molecule is Cc1ccn2cc(CN=C(N)NCC3CCC3)nc2c1.I. The lowest BCUT2D eigenvalue weighted by Gasteiger charge is -2.25. The van der Waals surface area contributed by atoms with Crippen LogP contribution in [0.5, 0.6) is 0 Å². The van der Waals surface area contributed by atoms with Crippen LogP contribution in [0.1, 0.15) is 30.5 Å². The summed E-state index contributed by atoms with van der Waals surface area (Å²) in [6.45, 7) is 3.53. The molecule has 0 spiro atoms. The monoisotopic (exact) mass is 399 g/mol. The Balaban J connectivity index is 0.00000161. The number of nitrogens with zero attached hydrogens (tertiary/aromatic N) is 3. The maximum atomic E-state index is 5.87. The molecule has 114 valence electrons. The van der Waals surface area contributed by atoms with Crippen LogP contribution in [-0.4, -0.2) is 21.9 Å². The van der Waals surface area contributed by atoms with Gasteiger partial charge in [-0.25, -0.2) is 9.98 Å². The van der Waals surface area contributed by atoms with E-state index in [0.29, 0.717) is 12.5 Å². The fourth-order valence-electron chi connectivity index (χ4n) is 2.38. The van der Waals surface area contributed by atoms with E-state index in [-0.39, 0.29) is 24.0 Å². The van der Waals surface area contributed by atoms with Gasteiger partial charge in [0.15, 0.2) is 5.96 Å². The largest absolute Gasteiger partial charge is 0.370 e. The molecule has 0 saturated heterocycles. The van der Waals surface area contributed by atoms with Crippen molar-refractivity contribution in [3.05, 3.63) is 35.8 Å². The van der Waals surface area contributed by atoms with Crippen LogP contribution in [0.3, 0.4) is 0 Å². The van der Waals surface area contributed by atoms with Crippen molar-refractivity contribution in [1.82, 2.24) is 14.7 Å². The number of pyridine rings is 1. The minimum atomic E-state index is 0. The first-order valence-electron chi connectivity index (χ1n) is 7.19. The molecule has 0 aliphatic heterocycles. The number of hydrogen-bond acceptors (Lipinski definition) is 2. The van der Waals surface area contributed by atoms with Gasteiger partial charge >= 0.3 is 0 Å². The van der Waals surface area contributed by atoms with Gasteiger partial charge in [-0.2, -0.15) is 0 Å². The van der Waals surface area contributed by atoms with Crippen LogP contribution in [-0.2, 0) is 6.54 Å². The number of imidazole rings is 1. The fourth-order valence-corrected chi connectivity index (χ4v) is 2.38. The molecule has 3 N–H and O–H groups in total. The Hall–Kier alpha value is -1.31. The Kier molecular flexibility index (Phi) is 5.44. The number of nitrogens with two attached hydrogens (primary N) is 1. The first-order valence-corrected chi connectivity index (χ1v) is 7.19. The predicted octanol–water partition coefficient (Wildman–Crippen LogP) is 2.47. The first kappa shape index (κ1) is 16.1. The highest BCUT2D eigenvalue weighted by Crippen LogP contribution is 2.24. The molecular formula is C15H22IN5. The van der Waals surface area contributed by atoms with Gasteiger partial charge < -0.3 is 15.5 Å². The first-order chi connectivity index (χ1) is 9.70. The van der Waals surface area contributed by atoms with Crippen molar-refractivity contribution >= 4 is 35.6 Å². The van der Waals surface area contributed by atoms with Crippen molar-refractivity contribution in [3.8, 4) is 0 Å². The van der Waals surface area contributed by atoms with E-state index < -0.39 is 0 Å². The molecule has 0 atom stereocenters. The molecule has 21 heavy (non-hydrogen) atoms. The maximum absolute atomic E-state index is 5.87. The van der Waals surface area contributed by atoms with E-state index >= 15 is 0 Å². The van der Waals surface area contributed by atoms with Gasteiger partial charge in [0, 0.05) is 18.9 Å². The standard InChI is InChI=1S/C15H21N5.HI/c1-11-5-6-20-10-13(19-14(20)7-11)9-18-15(16)17-8-12-3-2-4-12;/h5-7,10,12H,2-4,8-9H2,1H3,(H3,16,17,18);1H. The molecular weight excluding hydrogens is 377 g/mol. The van der Waals surface area contributed by atoms with Crippen LogP contribution < -0.4 is 11.1 Å². The van der Waals surface area contributed by atoms with Crippen molar-refractivity contribution in [2.45, 2.75) is 32.7 Å². The second-order valence-electron chi connectivity index (χ2n) is 5.58. The Morgan fingerprint density at radius 3 is 3.05 bits per heavy atom. The number of guanidine groups is 1. The second-order valence-corrected chi connectivity index (χ2v) is 5.58. The van der Waals surface area contributed by atoms with Crippen LogP contribution in [0.4, 0.5) is 0 Å². The van der Waals surface area contributed by atoms with Crippen LogP contribution in [0.25, 0.3) is 5.65 Å². The summed E-state index contributed by atoms with van der Waals surface area (Å²) < 4.78 is 2.01. The maximum Gasteiger partial charge on any atom is 0.188 e. The van der Waals surface area contributed by atoms with Crippen LogP contribution in [0, 0.1) is 12.8 Å². The predicted molar refractivity (Wildman–Crippen MR) is 96.0 cm³/mol. The second kappa shape index (κ2) is 7.11. The molecule has 1 aliphatic rings. The van der Waals surface area contributed by atoms with Gasteiger partial charge in [0.25, 0.3) is 0 Å². The highest BCUT2D eigenvalue weighted by molar-refractivity contribution is 14.0. The number of nitrogens with one attached hydrogen (secondary N) is 1. The molecule has 3 rings (SSSR count). The third-order valence-corrected chi connectivity index (χ3v) is 3.87. The van der Waals surface area contributed by atoms with Gasteiger partial charge in [-0.1, -0.05) is 6.42 Å². The lowest BCUT2D eigenvalue weighted by Crippen LogP contribution is -2.37. The van der Waals surface area contributed by atoms with E-state index in [4.69, 9.17) is 5.73 Å². The summed E-state index contributed by atoms with van der Waals surface area (Å²) in [5.41, 5.74) is 8.97. The summed E-state index contributed by atoms with van der Waals surface area (Å²) in [5, 5.41) is 3.19. The topological polar surface area (TPSA) is 67.7 Å². The minimum Gasteiger partial charge on any atom is -0.370 e. The fraction of sp³-hybridized carbons (Fsp3) is 0.467. The van der Waals surface area contributed by atoms with Crippen molar-refractivity contribution in [3.63, 3.8) is 0 Å². The van der Waals surface area contributed by atoms with E-state index in [9.17, 15) is 0 Å². The molecule has 0 aromatic carbocycles. The van der Waals surface area contributed by atoms with Gasteiger partial charge in [0.1, 0.15) is 5.65 Å². The van der Waals surface area contributed by atoms with Gasteiger partial charge in [-0.3, -0.25) is 0 Å². The number of aliphatic imine (C=N–C) groups is 1. The van der Waals surface area contributed by atoms with Crippen molar-refractivity contribution < 1.29 is 0 Å². The quantitative estimate of drug-likeness (QED) is 0.472. The summed E-state index contributed by atoms with van der Waals surface area (Å²) in [5.74, 6) is 1.30. The molecule has 2 aromatic heterocycles. The van der Waals surface area contributed by atoms with Crippen molar-refractivity contribution in [2.24, 2.45) is 16.6 Å². The molecule has 6 heteroatoms. The van der Waals surface area contributed by atoms with Gasteiger partial charge in [-0.05, 0) is 43.4 Å². The molecule has 1 aliphatic carbocycles. The average molecular weight is 399 g/mol. The lowest BCUT2D eigenvalue weighted by atomic mass is 9.85. The van der Waals surface area contributed by atoms with Gasteiger partial charge in [0.05, 0.1) is 12.2 Å². The van der Waals surface area contributed by atoms with E-state index in [2.05, 4.69) is 34.3 Å². The molecule has 0 radical (unpaired) electrons. The third kappa shape index (κ3) is 4.09. The van der Waals surface area contributed by atoms with Crippen molar-refractivity contribution in [2.75, 3.05) is 6.54 Å². The molecule has 5 nitrogen and oxygen atoms in total. The Morgan fingerprint density at radius 2 is 2.33 bits per heavy atom. The zero-order valence-corrected chi connectivity index (χ0v) is 14.6. The minimum absolute atomic E-state index is 0. The molecule has 2 heterocycles. The number of aromatic nitrogens is 2. The number of halogens is 1. The third-order valence-electron chi connectivity index (χ3n) is 3.87. The Bertz CT molecular complexity index is 630. The normalized spacial score (nSPS) is 15.6. The molecule has 2 aromatic rings. The zero-order chi connectivity index (χ0) is 13.9. The molecule has 0 bridgehead atoms. The van der Waals surface area contributed by atoms with E-state index in [1.54, 1.807) is 0 Å². The van der Waals surface area contributed by atoms with Crippen LogP contribution in [0.2, 0.25) is 0 Å². The molecule has 1 fully saturated rings. The van der Waals surface area contributed by atoms with Crippen LogP contribution >= 0.6 is 24.0 Å². The zero-order valence-electron chi connectivity index (χ0n) is 12.2. The van der Waals surface area contributed by atoms with Gasteiger partial charge in [0.2, 0.25) is 0 Å². The summed E-state index contributed by atoms with van der Waals surface area (Å²) in [6.07, 6.45) is 7.99. The summed E-state index contributed by atoms with van der Waals surface area (Å²) in [7, 11) is 0. The van der Waals surface area contributed by atoms with E-state index in [1.165, 1.54) is 24.8 Å². The Morgan fingerprint density at radius 1 is 1.52 bits per heavy atom. The molecule has 1 saturated carbocycles. The Labute approximate surface area is 142 Å². The highest BCUT2D eigenvalue weighted by atomic mass is 127. The highest BCUT2D eigenvalue weighted by Gasteiger charge is 2.16. The molecule has 0 amide bonds. The summed E-state index contributed by atoms with van der Waals surface area (Å²) >= 11 is 0. The number of rotatable bonds is 4. The van der Waals surface area contributed by atoms with E-state index in [1.807, 2.05) is 16.8 Å². The van der Waals surface area contributed by atoms with Gasteiger partial charge in [-0.15, -0.1) is 24.0 Å². The molecule has 0 unspecified atom stereocenters. The smallest absolute Gasteiger partial charge is 0.188 e. The number of aryl methyl sites for hydroxylation is 1. The van der Waals surface area contributed by atoms with E-state index in [0.717, 1.165) is 23.8 Å². The summed E-state index contributed by atoms with van der Waals surface area (Å²) in [4.78, 5) is 8.89. The van der Waals surface area contributed by atoms with Crippen LogP contribution in [0.15, 0.2) is 29.5 Å². The summed E-state index contributed by atoms with van der Waals surface area (Å²) in [6, 6.07) is 4.13. The lowest BCUT2D eigenvalue weighted by molar-refractivity contribution is 0.315. The van der Waals surface area contributed by atoms with Crippen molar-refractivity contribution in [1.29, 1.82) is 0 Å². The number of fused-ring (bicyclic) bond motifs is 1.